The molecule has 234 valence electrons. The van der Waals surface area contributed by atoms with E-state index in [1.807, 2.05) is 60.7 Å². The average Bonchev–Trinajstić information content (AvgIpc) is 3.59. The molecule has 4 aromatic carbocycles. The number of amides is 2. The van der Waals surface area contributed by atoms with Gasteiger partial charge in [-0.25, -0.2) is 8.42 Å². The van der Waals surface area contributed by atoms with Gasteiger partial charge in [-0.3, -0.25) is 13.9 Å². The maximum Gasteiger partial charge on any atom is 0.264 e. The molecule has 5 rings (SSSR count). The molecule has 0 saturated heterocycles. The van der Waals surface area contributed by atoms with Gasteiger partial charge in [-0.2, -0.15) is 0 Å². The van der Waals surface area contributed by atoms with Crippen LogP contribution in [0.4, 0.5) is 5.69 Å². The van der Waals surface area contributed by atoms with Crippen LogP contribution in [0.1, 0.15) is 36.8 Å². The Balaban J connectivity index is 1.54. The third kappa shape index (κ3) is 8.10. The highest BCUT2D eigenvalue weighted by molar-refractivity contribution is 7.92. The molecule has 0 aliphatic heterocycles. The van der Waals surface area contributed by atoms with Crippen molar-refractivity contribution in [3.05, 3.63) is 126 Å². The molecule has 9 heteroatoms. The van der Waals surface area contributed by atoms with Crippen LogP contribution in [0.25, 0.3) is 0 Å². The van der Waals surface area contributed by atoms with E-state index >= 15 is 0 Å². The standard InChI is InChI=1S/C36H39N3O5S/c1-44-32-23-21-31(22-24-32)39(45(42,43)33-19-9-4-10-20-33)27-35(40)38(26-29-15-7-3-8-16-29)34(25-28-13-5-2-6-14-28)36(41)37-30-17-11-12-18-30/h2-10,13-16,19-24,30,34H,11-12,17-18,25-27H2,1H3,(H,37,41)/t34-/m1/s1. The smallest absolute Gasteiger partial charge is 0.264 e. The van der Waals surface area contributed by atoms with Crippen LogP contribution in [0.15, 0.2) is 120 Å². The third-order valence-electron chi connectivity index (χ3n) is 8.14. The predicted molar refractivity (Wildman–Crippen MR) is 175 cm³/mol. The molecule has 0 aromatic heterocycles. The molecule has 4 aromatic rings. The summed E-state index contributed by atoms with van der Waals surface area (Å²) in [5.74, 6) is -0.173. The first-order chi connectivity index (χ1) is 21.8. The molecular formula is C36H39N3O5S. The molecule has 1 N–H and O–H groups in total. The van der Waals surface area contributed by atoms with Crippen molar-refractivity contribution in [2.75, 3.05) is 18.0 Å². The summed E-state index contributed by atoms with van der Waals surface area (Å²) in [7, 11) is -2.62. The largest absolute Gasteiger partial charge is 0.497 e. The number of ether oxygens (including phenoxy) is 1. The van der Waals surface area contributed by atoms with Crippen molar-refractivity contribution in [3.63, 3.8) is 0 Å². The molecule has 0 spiro atoms. The van der Waals surface area contributed by atoms with Crippen LogP contribution >= 0.6 is 0 Å². The zero-order valence-electron chi connectivity index (χ0n) is 25.4. The number of nitrogens with zero attached hydrogens (tertiary/aromatic N) is 2. The van der Waals surface area contributed by atoms with Gasteiger partial charge in [0.05, 0.1) is 17.7 Å². The Kier molecular flexibility index (Phi) is 10.5. The molecule has 0 unspecified atom stereocenters. The molecule has 1 fully saturated rings. The summed E-state index contributed by atoms with van der Waals surface area (Å²) >= 11 is 0. The van der Waals surface area contributed by atoms with Crippen LogP contribution in [0.3, 0.4) is 0 Å². The van der Waals surface area contributed by atoms with Crippen LogP contribution < -0.4 is 14.4 Å². The highest BCUT2D eigenvalue weighted by Gasteiger charge is 2.35. The molecule has 1 atom stereocenters. The maximum absolute atomic E-state index is 14.5. The van der Waals surface area contributed by atoms with E-state index in [9.17, 15) is 18.0 Å². The number of benzene rings is 4. The summed E-state index contributed by atoms with van der Waals surface area (Å²) in [6.07, 6.45) is 4.18. The predicted octanol–water partition coefficient (Wildman–Crippen LogP) is 5.59. The summed E-state index contributed by atoms with van der Waals surface area (Å²) < 4.78 is 34.5. The highest BCUT2D eigenvalue weighted by Crippen LogP contribution is 2.27. The molecule has 0 radical (unpaired) electrons. The molecule has 0 heterocycles. The van der Waals surface area contributed by atoms with Crippen molar-refractivity contribution < 1.29 is 22.7 Å². The summed E-state index contributed by atoms with van der Waals surface area (Å²) in [5.41, 5.74) is 2.04. The van der Waals surface area contributed by atoms with Crippen molar-refractivity contribution in [1.82, 2.24) is 10.2 Å². The van der Waals surface area contributed by atoms with Gasteiger partial charge in [0.1, 0.15) is 18.3 Å². The second kappa shape index (κ2) is 14.9. The van der Waals surface area contributed by atoms with E-state index in [-0.39, 0.29) is 29.8 Å². The van der Waals surface area contributed by atoms with E-state index in [1.54, 1.807) is 42.5 Å². The minimum absolute atomic E-state index is 0.0544. The fourth-order valence-corrected chi connectivity index (χ4v) is 7.13. The van der Waals surface area contributed by atoms with Crippen molar-refractivity contribution in [3.8, 4) is 5.75 Å². The maximum atomic E-state index is 14.5. The Morgan fingerprint density at radius 3 is 1.93 bits per heavy atom. The van der Waals surface area contributed by atoms with Crippen molar-refractivity contribution in [2.24, 2.45) is 0 Å². The van der Waals surface area contributed by atoms with Gasteiger partial charge < -0.3 is 15.0 Å². The van der Waals surface area contributed by atoms with Gasteiger partial charge in [-0.1, -0.05) is 91.7 Å². The molecule has 8 nitrogen and oxygen atoms in total. The summed E-state index contributed by atoms with van der Waals surface area (Å²) in [6, 6.07) is 32.8. The molecule has 2 amide bonds. The molecule has 1 saturated carbocycles. The quantitative estimate of drug-likeness (QED) is 0.209. The van der Waals surface area contributed by atoms with E-state index in [2.05, 4.69) is 5.32 Å². The average molecular weight is 626 g/mol. The lowest BCUT2D eigenvalue weighted by atomic mass is 10.0. The SMILES string of the molecule is COc1ccc(N(CC(=O)N(Cc2ccccc2)[C@H](Cc2ccccc2)C(=O)NC2CCCC2)S(=O)(=O)c2ccccc2)cc1. The lowest BCUT2D eigenvalue weighted by molar-refractivity contribution is -0.140. The molecule has 1 aliphatic carbocycles. The number of carbonyl (C=O) groups excluding carboxylic acids is 2. The van der Waals surface area contributed by atoms with Gasteiger partial charge in [0.25, 0.3) is 10.0 Å². The van der Waals surface area contributed by atoms with Gasteiger partial charge in [-0.15, -0.1) is 0 Å². The van der Waals surface area contributed by atoms with E-state index < -0.39 is 28.5 Å². The first-order valence-electron chi connectivity index (χ1n) is 15.2. The molecule has 45 heavy (non-hydrogen) atoms. The topological polar surface area (TPSA) is 96.0 Å². The number of carbonyl (C=O) groups is 2. The Hall–Kier alpha value is -4.63. The van der Waals surface area contributed by atoms with E-state index in [4.69, 9.17) is 4.74 Å². The van der Waals surface area contributed by atoms with E-state index in [0.29, 0.717) is 11.4 Å². The van der Waals surface area contributed by atoms with Crippen LogP contribution in [-0.2, 0) is 32.6 Å². The number of nitrogens with one attached hydrogen (secondary N) is 1. The van der Waals surface area contributed by atoms with Crippen LogP contribution in [-0.4, -0.2) is 50.9 Å². The van der Waals surface area contributed by atoms with E-state index in [1.165, 1.54) is 24.1 Å². The lowest BCUT2D eigenvalue weighted by Crippen LogP contribution is -2.54. The first kappa shape index (κ1) is 31.8. The Bertz CT molecular complexity index is 1640. The second-order valence-corrected chi connectivity index (χ2v) is 13.1. The van der Waals surface area contributed by atoms with Crippen LogP contribution in [0, 0.1) is 0 Å². The molecule has 0 bridgehead atoms. The number of hydrogen-bond donors (Lipinski definition) is 1. The van der Waals surface area contributed by atoms with Crippen LogP contribution in [0.2, 0.25) is 0 Å². The zero-order valence-corrected chi connectivity index (χ0v) is 26.2. The minimum Gasteiger partial charge on any atom is -0.497 e. The van der Waals surface area contributed by atoms with Crippen molar-refractivity contribution >= 4 is 27.5 Å². The lowest BCUT2D eigenvalue weighted by Gasteiger charge is -2.34. The number of hydrogen-bond acceptors (Lipinski definition) is 5. The van der Waals surface area contributed by atoms with Gasteiger partial charge in [0.2, 0.25) is 11.8 Å². The fraction of sp³-hybridized carbons (Fsp3) is 0.278. The Labute approximate surface area is 265 Å². The number of rotatable bonds is 13. The minimum atomic E-state index is -4.15. The molecule has 1 aliphatic rings. The van der Waals surface area contributed by atoms with Gasteiger partial charge in [-0.05, 0) is 60.4 Å². The van der Waals surface area contributed by atoms with Crippen molar-refractivity contribution in [1.29, 1.82) is 0 Å². The normalized spacial score (nSPS) is 14.0. The zero-order chi connectivity index (χ0) is 31.6. The Morgan fingerprint density at radius 2 is 1.36 bits per heavy atom. The molecular weight excluding hydrogens is 586 g/mol. The fourth-order valence-electron chi connectivity index (χ4n) is 5.70. The van der Waals surface area contributed by atoms with Crippen LogP contribution in [0.5, 0.6) is 5.75 Å². The highest BCUT2D eigenvalue weighted by atomic mass is 32.2. The van der Waals surface area contributed by atoms with E-state index in [0.717, 1.165) is 41.1 Å². The van der Waals surface area contributed by atoms with Gasteiger partial charge in [0.15, 0.2) is 0 Å². The summed E-state index contributed by atoms with van der Waals surface area (Å²) in [6.45, 7) is -0.366. The number of sulfonamides is 1. The van der Waals surface area contributed by atoms with Gasteiger partial charge in [0, 0.05) is 19.0 Å². The Morgan fingerprint density at radius 1 is 0.800 bits per heavy atom. The van der Waals surface area contributed by atoms with Crippen molar-refractivity contribution in [2.45, 2.75) is 55.6 Å². The third-order valence-corrected chi connectivity index (χ3v) is 9.93. The first-order valence-corrected chi connectivity index (χ1v) is 16.7. The second-order valence-electron chi connectivity index (χ2n) is 11.2. The monoisotopic (exact) mass is 625 g/mol. The summed E-state index contributed by atoms with van der Waals surface area (Å²) in [4.78, 5) is 30.1. The summed E-state index contributed by atoms with van der Waals surface area (Å²) in [5, 5.41) is 3.20. The van der Waals surface area contributed by atoms with Gasteiger partial charge >= 0.3 is 0 Å². The number of anilines is 1. The number of methoxy groups -OCH3 is 1.